The van der Waals surface area contributed by atoms with E-state index in [9.17, 15) is 10.1 Å². The number of fused-ring (bicyclic) bond motifs is 4. The molecule has 3 rings (SSSR count). The molecule has 1 aliphatic carbocycles. The van der Waals surface area contributed by atoms with Crippen LogP contribution in [0.5, 0.6) is 0 Å². The van der Waals surface area contributed by atoms with Gasteiger partial charge in [0.2, 0.25) is 0 Å². The van der Waals surface area contributed by atoms with Gasteiger partial charge < -0.3 is 0 Å². The molecule has 1 aliphatic rings. The van der Waals surface area contributed by atoms with Crippen LogP contribution >= 0.6 is 23.2 Å². The van der Waals surface area contributed by atoms with Crippen LogP contribution < -0.4 is 0 Å². The topological polar surface area (TPSA) is 43.1 Å². The molecule has 0 aromatic heterocycles. The van der Waals surface area contributed by atoms with E-state index < -0.39 is 4.92 Å². The molecule has 17 heavy (non-hydrogen) atoms. The monoisotopic (exact) mass is 265 g/mol. The van der Waals surface area contributed by atoms with Crippen molar-refractivity contribution in [1.29, 1.82) is 0 Å². The van der Waals surface area contributed by atoms with Gasteiger partial charge in [-0.15, -0.1) is 0 Å². The van der Waals surface area contributed by atoms with Gasteiger partial charge in [0.05, 0.1) is 9.95 Å². The van der Waals surface area contributed by atoms with E-state index in [1.165, 1.54) is 12.1 Å². The van der Waals surface area contributed by atoms with Gasteiger partial charge in [0.1, 0.15) is 0 Å². The molecule has 0 unspecified atom stereocenters. The molecule has 2 aromatic carbocycles. The zero-order valence-electron chi connectivity index (χ0n) is 8.41. The number of non-ortho nitro benzene ring substituents is 1. The molecule has 0 saturated carbocycles. The summed E-state index contributed by atoms with van der Waals surface area (Å²) in [6.45, 7) is 0. The van der Waals surface area contributed by atoms with Gasteiger partial charge in [-0.3, -0.25) is 10.1 Å². The third-order valence-electron chi connectivity index (χ3n) is 2.84. The largest absolute Gasteiger partial charge is 0.271 e. The van der Waals surface area contributed by atoms with Gasteiger partial charge in [-0.25, -0.2) is 0 Å². The highest BCUT2D eigenvalue weighted by molar-refractivity contribution is 6.40. The average Bonchev–Trinajstić information content (AvgIpc) is 2.25. The lowest BCUT2D eigenvalue weighted by Gasteiger charge is -2.25. The van der Waals surface area contributed by atoms with Crippen LogP contribution in [-0.4, -0.2) is 4.92 Å². The molecule has 0 spiro atoms. The molecule has 0 radical (unpaired) electrons. The number of nitrogens with zero attached hydrogens (tertiary/aromatic N) is 1. The van der Waals surface area contributed by atoms with Crippen LogP contribution in [-0.2, 0) is 0 Å². The number of rotatable bonds is 1. The normalized spacial score (nSPS) is 11.4. The Kier molecular flexibility index (Phi) is 2.15. The number of benzene rings is 2. The van der Waals surface area contributed by atoms with E-state index in [0.29, 0.717) is 10.0 Å². The molecule has 0 amide bonds. The van der Waals surface area contributed by atoms with Gasteiger partial charge in [0.25, 0.3) is 5.69 Å². The van der Waals surface area contributed by atoms with Crippen molar-refractivity contribution < 1.29 is 4.92 Å². The maximum Gasteiger partial charge on any atom is 0.271 e. The highest BCUT2D eigenvalue weighted by Crippen LogP contribution is 2.54. The Hall–Kier alpha value is -1.58. The van der Waals surface area contributed by atoms with Crippen LogP contribution in [0.2, 0.25) is 10.0 Å². The summed E-state index contributed by atoms with van der Waals surface area (Å²) < 4.78 is 0. The maximum atomic E-state index is 10.7. The van der Waals surface area contributed by atoms with Gasteiger partial charge in [-0.1, -0.05) is 35.3 Å². The Labute approximate surface area is 107 Å². The smallest absolute Gasteiger partial charge is 0.258 e. The number of hydrogen-bond donors (Lipinski definition) is 0. The molecule has 0 fully saturated rings. The van der Waals surface area contributed by atoms with Crippen LogP contribution in [0.1, 0.15) is 0 Å². The van der Waals surface area contributed by atoms with E-state index in [2.05, 4.69) is 0 Å². The minimum absolute atomic E-state index is 0.000578. The van der Waals surface area contributed by atoms with Crippen molar-refractivity contribution in [2.75, 3.05) is 0 Å². The summed E-state index contributed by atoms with van der Waals surface area (Å²) in [7, 11) is 0. The minimum Gasteiger partial charge on any atom is -0.258 e. The predicted octanol–water partition coefficient (Wildman–Crippen LogP) is 4.55. The fourth-order valence-electron chi connectivity index (χ4n) is 2.10. The highest BCUT2D eigenvalue weighted by Gasteiger charge is 2.29. The quantitative estimate of drug-likeness (QED) is 0.479. The molecule has 0 saturated heterocycles. The van der Waals surface area contributed by atoms with Crippen molar-refractivity contribution in [3.8, 4) is 22.3 Å². The van der Waals surface area contributed by atoms with Crippen LogP contribution in [0, 0.1) is 10.1 Å². The molecule has 0 atom stereocenters. The molecule has 0 aliphatic heterocycles. The summed E-state index contributed by atoms with van der Waals surface area (Å²) in [5, 5.41) is 11.7. The lowest BCUT2D eigenvalue weighted by molar-refractivity contribution is -0.384. The Morgan fingerprint density at radius 3 is 2.41 bits per heavy atom. The summed E-state index contributed by atoms with van der Waals surface area (Å²) >= 11 is 12.1. The average molecular weight is 266 g/mol. The van der Waals surface area contributed by atoms with E-state index in [1.807, 2.05) is 12.1 Å². The fraction of sp³-hybridized carbons (Fsp3) is 0. The second-order valence-electron chi connectivity index (χ2n) is 3.77. The van der Waals surface area contributed by atoms with Crippen LogP contribution in [0.15, 0.2) is 30.3 Å². The Balaban J connectivity index is 2.28. The Morgan fingerprint density at radius 2 is 1.71 bits per heavy atom. The van der Waals surface area contributed by atoms with Gasteiger partial charge >= 0.3 is 0 Å². The first-order chi connectivity index (χ1) is 8.09. The van der Waals surface area contributed by atoms with Crippen molar-refractivity contribution in [3.05, 3.63) is 50.5 Å². The minimum atomic E-state index is -0.450. The highest BCUT2D eigenvalue weighted by atomic mass is 35.5. The van der Waals surface area contributed by atoms with Crippen molar-refractivity contribution in [2.24, 2.45) is 0 Å². The zero-order valence-corrected chi connectivity index (χ0v) is 9.92. The Morgan fingerprint density at radius 1 is 1.00 bits per heavy atom. The standard InChI is InChI=1S/C12H5Cl2NO2/c13-9-3-1-2-7-8-4-6(15(16)17)5-10(14)12(8)11(7)9/h1-5H. The first kappa shape index (κ1) is 10.6. The SMILES string of the molecule is O=[N+]([O-])c1cc(Cl)c2c(c1)-c1cccc(Cl)c1-2. The van der Waals surface area contributed by atoms with Crippen molar-refractivity contribution >= 4 is 28.9 Å². The van der Waals surface area contributed by atoms with Crippen molar-refractivity contribution in [1.82, 2.24) is 0 Å². The van der Waals surface area contributed by atoms with E-state index >= 15 is 0 Å². The summed E-state index contributed by atoms with van der Waals surface area (Å²) in [5.41, 5.74) is 3.39. The third kappa shape index (κ3) is 1.36. The van der Waals surface area contributed by atoms with Crippen LogP contribution in [0.25, 0.3) is 22.3 Å². The summed E-state index contributed by atoms with van der Waals surface area (Å²) in [6, 6.07) is 8.36. The third-order valence-corrected chi connectivity index (χ3v) is 3.45. The van der Waals surface area contributed by atoms with Gasteiger partial charge in [-0.2, -0.15) is 0 Å². The van der Waals surface area contributed by atoms with Crippen molar-refractivity contribution in [3.63, 3.8) is 0 Å². The molecule has 0 N–H and O–H groups in total. The lowest BCUT2D eigenvalue weighted by Crippen LogP contribution is -2.02. The maximum absolute atomic E-state index is 10.7. The zero-order chi connectivity index (χ0) is 12.2. The number of hydrogen-bond acceptors (Lipinski definition) is 2. The van der Waals surface area contributed by atoms with E-state index in [0.717, 1.165) is 22.3 Å². The first-order valence-electron chi connectivity index (χ1n) is 4.87. The van der Waals surface area contributed by atoms with Gasteiger partial charge in [-0.05, 0) is 17.2 Å². The predicted molar refractivity (Wildman–Crippen MR) is 67.5 cm³/mol. The fourth-order valence-corrected chi connectivity index (χ4v) is 2.68. The second kappa shape index (κ2) is 3.45. The molecule has 0 heterocycles. The first-order valence-corrected chi connectivity index (χ1v) is 5.62. The number of halogens is 2. The number of nitro benzene ring substituents is 1. The van der Waals surface area contributed by atoms with Gasteiger partial charge in [0.15, 0.2) is 0 Å². The number of nitro groups is 1. The summed E-state index contributed by atoms with van der Waals surface area (Å²) in [5.74, 6) is 0. The molecule has 0 bridgehead atoms. The van der Waals surface area contributed by atoms with Crippen LogP contribution in [0.3, 0.4) is 0 Å². The summed E-state index contributed by atoms with van der Waals surface area (Å²) in [4.78, 5) is 10.3. The Bertz CT molecular complexity index is 668. The molecular weight excluding hydrogens is 261 g/mol. The molecule has 3 nitrogen and oxygen atoms in total. The van der Waals surface area contributed by atoms with E-state index in [1.54, 1.807) is 6.07 Å². The van der Waals surface area contributed by atoms with E-state index in [-0.39, 0.29) is 5.69 Å². The van der Waals surface area contributed by atoms with Gasteiger partial charge in [0, 0.05) is 28.3 Å². The van der Waals surface area contributed by atoms with Crippen LogP contribution in [0.4, 0.5) is 5.69 Å². The molecule has 2 aromatic rings. The second-order valence-corrected chi connectivity index (χ2v) is 4.58. The molecular formula is C12H5Cl2NO2. The molecule has 84 valence electrons. The summed E-state index contributed by atoms with van der Waals surface area (Å²) in [6.07, 6.45) is 0. The van der Waals surface area contributed by atoms with E-state index in [4.69, 9.17) is 23.2 Å². The molecule has 5 heteroatoms. The lowest BCUT2D eigenvalue weighted by atomic mass is 9.80. The van der Waals surface area contributed by atoms with Crippen molar-refractivity contribution in [2.45, 2.75) is 0 Å².